The highest BCUT2D eigenvalue weighted by molar-refractivity contribution is 6.25. The van der Waals surface area contributed by atoms with E-state index in [0.717, 1.165) is 10.9 Å². The van der Waals surface area contributed by atoms with Crippen LogP contribution in [0.25, 0.3) is 16.5 Å². The van der Waals surface area contributed by atoms with E-state index in [1.165, 1.54) is 12.1 Å². The molecule has 5 heteroatoms. The van der Waals surface area contributed by atoms with E-state index >= 15 is 0 Å². The zero-order chi connectivity index (χ0) is 15.4. The van der Waals surface area contributed by atoms with Gasteiger partial charge in [-0.1, -0.05) is 18.2 Å². The number of phenols is 1. The average Bonchev–Trinajstić information content (AvgIpc) is 2.95. The lowest BCUT2D eigenvalue weighted by Crippen LogP contribution is -2.22. The largest absolute Gasteiger partial charge is 0.508 e. The van der Waals surface area contributed by atoms with Crippen LogP contribution in [0.15, 0.2) is 47.5 Å². The number of carbonyl (C=O) groups is 1. The monoisotopic (exact) mass is 292 g/mol. The minimum atomic E-state index is -0.410. The average molecular weight is 292 g/mol. The number of carbonyl (C=O) groups excluding carboxylic acids is 1. The van der Waals surface area contributed by atoms with Gasteiger partial charge in [-0.2, -0.15) is 0 Å². The van der Waals surface area contributed by atoms with Crippen molar-refractivity contribution in [3.8, 4) is 11.6 Å². The van der Waals surface area contributed by atoms with Crippen molar-refractivity contribution in [3.63, 3.8) is 0 Å². The van der Waals surface area contributed by atoms with Crippen LogP contribution in [0.1, 0.15) is 5.56 Å². The molecule has 1 aromatic heterocycles. The maximum Gasteiger partial charge on any atom is 0.279 e. The van der Waals surface area contributed by atoms with E-state index in [9.17, 15) is 15.0 Å². The van der Waals surface area contributed by atoms with Crippen LogP contribution in [-0.2, 0) is 11.8 Å². The summed E-state index contributed by atoms with van der Waals surface area (Å²) in [6, 6.07) is 12.0. The Morgan fingerprint density at radius 1 is 1.09 bits per heavy atom. The Kier molecular flexibility index (Phi) is 2.42. The maximum atomic E-state index is 12.3. The van der Waals surface area contributed by atoms with Gasteiger partial charge in [0.15, 0.2) is 5.88 Å². The number of fused-ring (bicyclic) bond motifs is 2. The van der Waals surface area contributed by atoms with Crippen LogP contribution in [0, 0.1) is 0 Å². The number of aromatic hydroxyl groups is 2. The number of para-hydroxylation sites is 1. The Balaban J connectivity index is 2.22. The second-order valence-corrected chi connectivity index (χ2v) is 5.27. The van der Waals surface area contributed by atoms with Gasteiger partial charge >= 0.3 is 0 Å². The van der Waals surface area contributed by atoms with Gasteiger partial charge in [0.2, 0.25) is 0 Å². The molecule has 0 fully saturated rings. The Labute approximate surface area is 125 Å². The molecule has 0 radical (unpaired) electrons. The Morgan fingerprint density at radius 3 is 2.68 bits per heavy atom. The molecule has 4 rings (SSSR count). The molecule has 0 unspecified atom stereocenters. The number of rotatable bonds is 1. The standard InChI is InChI=1S/C17H12N2O3/c1-19-13-5-3-2-4-10(13)15(17(19)22)14-11-8-9(20)6-7-12(11)18-16(14)21/h2-8,20,22H,1H3. The minimum Gasteiger partial charge on any atom is -0.508 e. The zero-order valence-electron chi connectivity index (χ0n) is 11.7. The predicted octanol–water partition coefficient (Wildman–Crippen LogP) is 0.948. The fourth-order valence-corrected chi connectivity index (χ4v) is 2.97. The molecule has 3 aromatic rings. The lowest BCUT2D eigenvalue weighted by molar-refractivity contribution is -0.112. The van der Waals surface area contributed by atoms with Crippen molar-refractivity contribution >= 4 is 22.4 Å². The number of nitrogens with zero attached hydrogens (tertiary/aromatic N) is 2. The predicted molar refractivity (Wildman–Crippen MR) is 81.0 cm³/mol. The highest BCUT2D eigenvalue weighted by Gasteiger charge is 2.26. The zero-order valence-corrected chi connectivity index (χ0v) is 11.7. The van der Waals surface area contributed by atoms with Crippen molar-refractivity contribution in [1.29, 1.82) is 0 Å². The van der Waals surface area contributed by atoms with Crippen molar-refractivity contribution in [3.05, 3.63) is 58.6 Å². The van der Waals surface area contributed by atoms with Gasteiger partial charge in [0.1, 0.15) is 5.75 Å². The summed E-state index contributed by atoms with van der Waals surface area (Å²) in [5, 5.41) is 22.0. The number of aryl methyl sites for hydroxylation is 1. The molecule has 2 heterocycles. The second-order valence-electron chi connectivity index (χ2n) is 5.27. The molecule has 0 atom stereocenters. The molecule has 0 spiro atoms. The van der Waals surface area contributed by atoms with Crippen LogP contribution in [0.3, 0.4) is 0 Å². The van der Waals surface area contributed by atoms with Gasteiger partial charge in [-0.15, -0.1) is 0 Å². The molecule has 0 bridgehead atoms. The van der Waals surface area contributed by atoms with Gasteiger partial charge in [0.05, 0.1) is 22.0 Å². The first-order valence-electron chi connectivity index (χ1n) is 6.81. The first-order chi connectivity index (χ1) is 10.6. The van der Waals surface area contributed by atoms with Crippen LogP contribution in [0.2, 0.25) is 0 Å². The summed E-state index contributed by atoms with van der Waals surface area (Å²) in [7, 11) is 1.74. The number of amides is 1. The number of hydrogen-bond acceptors (Lipinski definition) is 3. The molecule has 1 aliphatic rings. The van der Waals surface area contributed by atoms with Crippen LogP contribution < -0.4 is 10.6 Å². The van der Waals surface area contributed by atoms with Gasteiger partial charge in [0, 0.05) is 17.7 Å². The van der Waals surface area contributed by atoms with Crippen molar-refractivity contribution < 1.29 is 15.0 Å². The van der Waals surface area contributed by atoms with E-state index in [1.54, 1.807) is 17.7 Å². The van der Waals surface area contributed by atoms with Gasteiger partial charge in [-0.3, -0.25) is 4.79 Å². The number of phenolic OH excluding ortho intramolecular Hbond substituents is 1. The van der Waals surface area contributed by atoms with Crippen LogP contribution in [0.4, 0.5) is 0 Å². The summed E-state index contributed by atoms with van der Waals surface area (Å²) in [4.78, 5) is 16.3. The van der Waals surface area contributed by atoms with E-state index < -0.39 is 5.91 Å². The summed E-state index contributed by atoms with van der Waals surface area (Å²) in [6.45, 7) is 0. The van der Waals surface area contributed by atoms with Crippen molar-refractivity contribution in [1.82, 2.24) is 4.57 Å². The van der Waals surface area contributed by atoms with Crippen molar-refractivity contribution in [2.24, 2.45) is 12.0 Å². The Bertz CT molecular complexity index is 1080. The molecule has 0 saturated heterocycles. The van der Waals surface area contributed by atoms with E-state index in [0.29, 0.717) is 21.7 Å². The molecule has 108 valence electrons. The first-order valence-corrected chi connectivity index (χ1v) is 6.81. The summed E-state index contributed by atoms with van der Waals surface area (Å²) < 4.78 is 1.63. The van der Waals surface area contributed by atoms with E-state index in [1.807, 2.05) is 24.3 Å². The molecule has 1 amide bonds. The topological polar surface area (TPSA) is 74.8 Å². The molecule has 5 nitrogen and oxygen atoms in total. The lowest BCUT2D eigenvalue weighted by atomic mass is 10.0. The summed E-state index contributed by atoms with van der Waals surface area (Å²) in [5.74, 6) is -0.343. The molecule has 1 aliphatic heterocycles. The van der Waals surface area contributed by atoms with Gasteiger partial charge in [0.25, 0.3) is 5.91 Å². The summed E-state index contributed by atoms with van der Waals surface area (Å²) in [6.07, 6.45) is 0. The third-order valence-corrected chi connectivity index (χ3v) is 4.01. The normalized spacial score (nSPS) is 13.5. The number of hydrogen-bond donors (Lipinski definition) is 2. The maximum absolute atomic E-state index is 12.3. The molecule has 2 N–H and O–H groups in total. The highest BCUT2D eigenvalue weighted by Crippen LogP contribution is 2.35. The van der Waals surface area contributed by atoms with Crippen LogP contribution >= 0.6 is 0 Å². The quantitative estimate of drug-likeness (QED) is 0.701. The number of benzene rings is 2. The second kappa shape index (κ2) is 4.21. The SMILES string of the molecule is Cn1c(O)c(C2=c3cc(O)ccc3=NC2=O)c2ccccc21. The fraction of sp³-hybridized carbons (Fsp3) is 0.0588. The summed E-state index contributed by atoms with van der Waals surface area (Å²) >= 11 is 0. The lowest BCUT2D eigenvalue weighted by Gasteiger charge is -2.01. The third kappa shape index (κ3) is 1.53. The summed E-state index contributed by atoms with van der Waals surface area (Å²) in [5.41, 5.74) is 1.60. The van der Waals surface area contributed by atoms with Crippen LogP contribution in [-0.4, -0.2) is 20.7 Å². The Hall–Kier alpha value is -3.08. The molecule has 2 aromatic carbocycles. The third-order valence-electron chi connectivity index (χ3n) is 4.01. The van der Waals surface area contributed by atoms with Crippen LogP contribution in [0.5, 0.6) is 11.6 Å². The van der Waals surface area contributed by atoms with E-state index in [2.05, 4.69) is 4.99 Å². The first kappa shape index (κ1) is 12.6. The van der Waals surface area contributed by atoms with E-state index in [4.69, 9.17) is 0 Å². The molecular weight excluding hydrogens is 280 g/mol. The van der Waals surface area contributed by atoms with Gasteiger partial charge in [-0.25, -0.2) is 4.99 Å². The highest BCUT2D eigenvalue weighted by atomic mass is 16.3. The number of aromatic nitrogens is 1. The fourth-order valence-electron chi connectivity index (χ4n) is 2.97. The van der Waals surface area contributed by atoms with Gasteiger partial charge in [-0.05, 0) is 24.3 Å². The molecular formula is C17H12N2O3. The molecule has 0 aliphatic carbocycles. The van der Waals surface area contributed by atoms with Crippen molar-refractivity contribution in [2.75, 3.05) is 0 Å². The Morgan fingerprint density at radius 2 is 1.86 bits per heavy atom. The van der Waals surface area contributed by atoms with Crippen molar-refractivity contribution in [2.45, 2.75) is 0 Å². The smallest absolute Gasteiger partial charge is 0.279 e. The van der Waals surface area contributed by atoms with Gasteiger partial charge < -0.3 is 14.8 Å². The van der Waals surface area contributed by atoms with E-state index in [-0.39, 0.29) is 11.6 Å². The molecule has 22 heavy (non-hydrogen) atoms. The molecule has 0 saturated carbocycles. The minimum absolute atomic E-state index is 0.0101.